The molecule has 0 saturated heterocycles. The average Bonchev–Trinajstić information content (AvgIpc) is 2.88. The van der Waals surface area contributed by atoms with Gasteiger partial charge in [-0.1, -0.05) is 36.4 Å². The van der Waals surface area contributed by atoms with E-state index in [9.17, 15) is 4.79 Å². The van der Waals surface area contributed by atoms with Gasteiger partial charge in [0.2, 0.25) is 0 Å². The quantitative estimate of drug-likeness (QED) is 0.270. The third-order valence-electron chi connectivity index (χ3n) is 5.30. The predicted octanol–water partition coefficient (Wildman–Crippen LogP) is 4.30. The van der Waals surface area contributed by atoms with Crippen molar-refractivity contribution in [2.45, 2.75) is 13.0 Å². The topological polar surface area (TPSA) is 77.5 Å². The van der Waals surface area contributed by atoms with E-state index in [4.69, 9.17) is 11.3 Å². The van der Waals surface area contributed by atoms with E-state index in [1.807, 2.05) is 50.5 Å². The van der Waals surface area contributed by atoms with Gasteiger partial charge in [-0.05, 0) is 49.8 Å². The van der Waals surface area contributed by atoms with Gasteiger partial charge in [0.25, 0.3) is 5.56 Å². The molecule has 8 nitrogen and oxygen atoms in total. The zero-order valence-corrected chi connectivity index (χ0v) is 19.8. The maximum absolute atomic E-state index is 12.5. The Morgan fingerprint density at radius 3 is 2.54 bits per heavy atom. The number of hydrogen-bond acceptors (Lipinski definition) is 6. The molecule has 35 heavy (non-hydrogen) atoms. The summed E-state index contributed by atoms with van der Waals surface area (Å²) in [5, 5.41) is 4.52. The summed E-state index contributed by atoms with van der Waals surface area (Å²) in [6.07, 6.45) is 4.28. The van der Waals surface area contributed by atoms with Crippen molar-refractivity contribution in [2.75, 3.05) is 27.2 Å². The molecule has 0 radical (unpaired) electrons. The molecule has 2 heterocycles. The number of rotatable bonds is 9. The van der Waals surface area contributed by atoms with Gasteiger partial charge in [-0.15, -0.1) is 0 Å². The first-order valence-corrected chi connectivity index (χ1v) is 11.3. The molecule has 0 atom stereocenters. The van der Waals surface area contributed by atoms with E-state index in [0.717, 1.165) is 29.7 Å². The van der Waals surface area contributed by atoms with E-state index in [1.165, 1.54) is 10.7 Å². The van der Waals surface area contributed by atoms with Crippen molar-refractivity contribution in [3.8, 4) is 28.4 Å². The maximum atomic E-state index is 12.5. The molecular formula is C27H26N6O2. The molecule has 0 fully saturated rings. The number of benzene rings is 2. The first kappa shape index (κ1) is 23.8. The van der Waals surface area contributed by atoms with E-state index < -0.39 is 0 Å². The van der Waals surface area contributed by atoms with Crippen molar-refractivity contribution in [2.24, 2.45) is 0 Å². The van der Waals surface area contributed by atoms with Crippen molar-refractivity contribution < 1.29 is 4.74 Å². The lowest BCUT2D eigenvalue weighted by Gasteiger charge is -2.10. The molecule has 0 saturated carbocycles. The third-order valence-corrected chi connectivity index (χ3v) is 5.30. The lowest BCUT2D eigenvalue weighted by atomic mass is 10.1. The minimum atomic E-state index is -0.201. The van der Waals surface area contributed by atoms with Crippen LogP contribution in [-0.2, 0) is 6.54 Å². The summed E-state index contributed by atoms with van der Waals surface area (Å²) in [5.74, 6) is 1.22. The predicted molar refractivity (Wildman–Crippen MR) is 135 cm³/mol. The third kappa shape index (κ3) is 6.37. The molecule has 0 aliphatic carbocycles. The van der Waals surface area contributed by atoms with Crippen LogP contribution in [0.4, 0.5) is 5.69 Å². The average molecular weight is 467 g/mol. The Kier molecular flexibility index (Phi) is 7.60. The van der Waals surface area contributed by atoms with Crippen molar-refractivity contribution in [1.29, 1.82) is 0 Å². The Labute approximate surface area is 204 Å². The van der Waals surface area contributed by atoms with Crippen LogP contribution in [0.1, 0.15) is 12.0 Å². The maximum Gasteiger partial charge on any atom is 0.267 e. The highest BCUT2D eigenvalue weighted by molar-refractivity contribution is 5.65. The van der Waals surface area contributed by atoms with E-state index >= 15 is 0 Å². The monoisotopic (exact) mass is 466 g/mol. The second-order valence-corrected chi connectivity index (χ2v) is 8.32. The molecule has 4 aromatic rings. The normalized spacial score (nSPS) is 10.8. The number of ether oxygens (including phenoxy) is 1. The number of aromatic nitrogens is 4. The van der Waals surface area contributed by atoms with Gasteiger partial charge in [0.1, 0.15) is 0 Å². The minimum Gasteiger partial charge on any atom is -0.490 e. The summed E-state index contributed by atoms with van der Waals surface area (Å²) in [5.41, 5.74) is 3.49. The summed E-state index contributed by atoms with van der Waals surface area (Å²) in [6, 6.07) is 18.1. The molecule has 0 N–H and O–H groups in total. The van der Waals surface area contributed by atoms with Crippen LogP contribution in [-0.4, -0.2) is 51.9 Å². The number of nitrogens with zero attached hydrogens (tertiary/aromatic N) is 6. The standard InChI is InChI=1S/C27H26N6O2/c1-28-23-10-5-8-21(16-23)25-11-12-26(34)33(31-25)19-20-7-4-9-22(15-20)27-29-17-24(18-30-27)35-14-6-13-32(2)3/h4-5,7-12,15-18H,6,13-14,19H2,2-3H3. The first-order valence-electron chi connectivity index (χ1n) is 11.3. The van der Waals surface area contributed by atoms with E-state index in [0.29, 0.717) is 36.1 Å². The van der Waals surface area contributed by atoms with Gasteiger partial charge in [0, 0.05) is 18.2 Å². The van der Waals surface area contributed by atoms with Crippen LogP contribution in [0.2, 0.25) is 0 Å². The van der Waals surface area contributed by atoms with Gasteiger partial charge in [0.15, 0.2) is 17.3 Å². The molecular weight excluding hydrogens is 440 g/mol. The van der Waals surface area contributed by atoms with Crippen molar-refractivity contribution in [3.63, 3.8) is 0 Å². The molecule has 0 amide bonds. The Morgan fingerprint density at radius 2 is 1.77 bits per heavy atom. The smallest absolute Gasteiger partial charge is 0.267 e. The molecule has 0 aliphatic heterocycles. The van der Waals surface area contributed by atoms with Crippen molar-refractivity contribution >= 4 is 5.69 Å². The highest BCUT2D eigenvalue weighted by atomic mass is 16.5. The van der Waals surface area contributed by atoms with Crippen LogP contribution in [0.3, 0.4) is 0 Å². The second-order valence-electron chi connectivity index (χ2n) is 8.32. The highest BCUT2D eigenvalue weighted by Gasteiger charge is 2.08. The van der Waals surface area contributed by atoms with Gasteiger partial charge < -0.3 is 9.64 Å². The molecule has 2 aromatic carbocycles. The van der Waals surface area contributed by atoms with Gasteiger partial charge in [0.05, 0.1) is 37.8 Å². The fourth-order valence-electron chi connectivity index (χ4n) is 3.54. The summed E-state index contributed by atoms with van der Waals surface area (Å²) in [7, 11) is 4.07. The first-order chi connectivity index (χ1) is 17.0. The Hall–Kier alpha value is -4.35. The lowest BCUT2D eigenvalue weighted by Crippen LogP contribution is -2.22. The zero-order chi connectivity index (χ0) is 24.6. The van der Waals surface area contributed by atoms with Gasteiger partial charge in [-0.3, -0.25) is 4.79 Å². The van der Waals surface area contributed by atoms with Crippen LogP contribution in [0.25, 0.3) is 27.5 Å². The second kappa shape index (κ2) is 11.2. The number of hydrogen-bond donors (Lipinski definition) is 0. The van der Waals surface area contributed by atoms with Crippen molar-refractivity contribution in [3.05, 3.63) is 100 Å². The summed E-state index contributed by atoms with van der Waals surface area (Å²) in [4.78, 5) is 26.9. The van der Waals surface area contributed by atoms with E-state index in [2.05, 4.69) is 24.8 Å². The highest BCUT2D eigenvalue weighted by Crippen LogP contribution is 2.22. The summed E-state index contributed by atoms with van der Waals surface area (Å²) >= 11 is 0. The molecule has 2 aromatic heterocycles. The largest absolute Gasteiger partial charge is 0.490 e. The van der Waals surface area contributed by atoms with Gasteiger partial charge in [-0.2, -0.15) is 5.10 Å². The van der Waals surface area contributed by atoms with Crippen LogP contribution in [0.15, 0.2) is 77.9 Å². The van der Waals surface area contributed by atoms with Crippen LogP contribution in [0, 0.1) is 6.57 Å². The van der Waals surface area contributed by atoms with Crippen LogP contribution < -0.4 is 10.3 Å². The molecule has 0 unspecified atom stereocenters. The molecule has 4 rings (SSSR count). The van der Waals surface area contributed by atoms with Crippen LogP contribution in [0.5, 0.6) is 5.75 Å². The Bertz CT molecular complexity index is 1390. The van der Waals surface area contributed by atoms with Gasteiger partial charge in [-0.25, -0.2) is 19.5 Å². The molecule has 0 spiro atoms. The van der Waals surface area contributed by atoms with E-state index in [-0.39, 0.29) is 5.56 Å². The molecule has 0 bridgehead atoms. The summed E-state index contributed by atoms with van der Waals surface area (Å²) in [6.45, 7) is 9.08. The minimum absolute atomic E-state index is 0.201. The fraction of sp³-hybridized carbons (Fsp3) is 0.222. The zero-order valence-electron chi connectivity index (χ0n) is 19.8. The fourth-order valence-corrected chi connectivity index (χ4v) is 3.54. The molecule has 176 valence electrons. The molecule has 8 heteroatoms. The Morgan fingerprint density at radius 1 is 1.00 bits per heavy atom. The van der Waals surface area contributed by atoms with Crippen LogP contribution >= 0.6 is 0 Å². The van der Waals surface area contributed by atoms with Gasteiger partial charge >= 0.3 is 0 Å². The van der Waals surface area contributed by atoms with E-state index in [1.54, 1.807) is 30.6 Å². The Balaban J connectivity index is 1.49. The molecule has 0 aliphatic rings. The summed E-state index contributed by atoms with van der Waals surface area (Å²) < 4.78 is 7.13. The lowest BCUT2D eigenvalue weighted by molar-refractivity contribution is 0.280. The van der Waals surface area contributed by atoms with Crippen molar-refractivity contribution in [1.82, 2.24) is 24.6 Å². The SMILES string of the molecule is [C-]#[N+]c1cccc(-c2ccc(=O)n(Cc3cccc(-c4ncc(OCCCN(C)C)cn4)c3)n2)c1.